The number of nitrogens with zero attached hydrogens (tertiary/aromatic N) is 2. The Morgan fingerprint density at radius 1 is 0.947 bits per heavy atom. The number of aryl methyl sites for hydroxylation is 4. The topological polar surface area (TPSA) is 59.5 Å². The van der Waals surface area contributed by atoms with E-state index in [9.17, 15) is 8.42 Å². The van der Waals surface area contributed by atoms with Crippen LogP contribution in [0.3, 0.4) is 0 Å². The highest BCUT2D eigenvalue weighted by Gasteiger charge is 2.24. The van der Waals surface area contributed by atoms with E-state index in [4.69, 9.17) is 9.72 Å². The van der Waals surface area contributed by atoms with Crippen molar-refractivity contribution in [2.24, 2.45) is 0 Å². The molecule has 0 unspecified atom stereocenters. The van der Waals surface area contributed by atoms with Crippen LogP contribution in [0.1, 0.15) is 72.7 Å². The van der Waals surface area contributed by atoms with Gasteiger partial charge in [0.15, 0.2) is 9.84 Å². The van der Waals surface area contributed by atoms with Crippen LogP contribution in [-0.4, -0.2) is 42.9 Å². The molecule has 0 radical (unpaired) electrons. The number of hydrogen-bond donors (Lipinski definition) is 0. The quantitative estimate of drug-likeness (QED) is 0.317. The lowest BCUT2D eigenvalue weighted by Gasteiger charge is -2.28. The first-order valence-electron chi connectivity index (χ1n) is 13.9. The highest BCUT2D eigenvalue weighted by molar-refractivity contribution is 7.91. The molecule has 0 bridgehead atoms. The number of aromatic nitrogens is 1. The van der Waals surface area contributed by atoms with Crippen molar-refractivity contribution in [3.8, 4) is 17.0 Å². The van der Waals surface area contributed by atoms with Crippen LogP contribution in [0.2, 0.25) is 0 Å². The van der Waals surface area contributed by atoms with Gasteiger partial charge >= 0.3 is 0 Å². The molecule has 0 atom stereocenters. The van der Waals surface area contributed by atoms with Gasteiger partial charge in [0.25, 0.3) is 0 Å². The fourth-order valence-electron chi connectivity index (χ4n) is 5.23. The molecule has 5 nitrogen and oxygen atoms in total. The van der Waals surface area contributed by atoms with Crippen molar-refractivity contribution >= 4 is 9.84 Å². The van der Waals surface area contributed by atoms with E-state index < -0.39 is 9.84 Å². The van der Waals surface area contributed by atoms with Crippen LogP contribution in [0.4, 0.5) is 0 Å². The molecule has 1 fully saturated rings. The van der Waals surface area contributed by atoms with Gasteiger partial charge in [0, 0.05) is 36.5 Å². The summed E-state index contributed by atoms with van der Waals surface area (Å²) in [6, 6.07) is 15.2. The molecular formula is C32H42N2O3S. The normalized spacial score (nSPS) is 15.7. The molecule has 1 saturated heterocycles. The molecule has 6 heteroatoms. The number of benzene rings is 2. The summed E-state index contributed by atoms with van der Waals surface area (Å²) in [4.78, 5) is 7.37. The van der Waals surface area contributed by atoms with Crippen LogP contribution in [0.15, 0.2) is 42.5 Å². The van der Waals surface area contributed by atoms with E-state index in [1.165, 1.54) is 22.3 Å². The van der Waals surface area contributed by atoms with Crippen molar-refractivity contribution in [2.75, 3.05) is 24.6 Å². The highest BCUT2D eigenvalue weighted by Crippen LogP contribution is 2.32. The minimum absolute atomic E-state index is 0.218. The Hall–Kier alpha value is -2.70. The Morgan fingerprint density at radius 2 is 1.61 bits per heavy atom. The summed E-state index contributed by atoms with van der Waals surface area (Å²) in [5, 5.41) is 0. The molecule has 2 heterocycles. The molecule has 0 saturated carbocycles. The maximum absolute atomic E-state index is 12.1. The maximum Gasteiger partial charge on any atom is 0.152 e. The largest absolute Gasteiger partial charge is 0.489 e. The summed E-state index contributed by atoms with van der Waals surface area (Å²) in [5.74, 6) is 1.77. The summed E-state index contributed by atoms with van der Waals surface area (Å²) in [6.45, 7) is 15.1. The Morgan fingerprint density at radius 3 is 2.21 bits per heavy atom. The molecule has 0 spiro atoms. The van der Waals surface area contributed by atoms with Gasteiger partial charge < -0.3 is 4.74 Å². The van der Waals surface area contributed by atoms with Crippen molar-refractivity contribution in [3.63, 3.8) is 0 Å². The van der Waals surface area contributed by atoms with Gasteiger partial charge in [-0.1, -0.05) is 58.0 Å². The van der Waals surface area contributed by atoms with Crippen molar-refractivity contribution in [1.29, 1.82) is 0 Å². The molecule has 1 aliphatic rings. The monoisotopic (exact) mass is 534 g/mol. The zero-order valence-electron chi connectivity index (χ0n) is 23.8. The number of pyridine rings is 1. The maximum atomic E-state index is 12.1. The molecule has 4 rings (SSSR count). The Kier molecular flexibility index (Phi) is 8.94. The first-order valence-corrected chi connectivity index (χ1v) is 15.7. The van der Waals surface area contributed by atoms with Crippen LogP contribution in [0.25, 0.3) is 11.3 Å². The lowest BCUT2D eigenvalue weighted by Crippen LogP contribution is -2.39. The zero-order valence-corrected chi connectivity index (χ0v) is 24.6. The predicted octanol–water partition coefficient (Wildman–Crippen LogP) is 6.42. The van der Waals surface area contributed by atoms with Crippen molar-refractivity contribution in [1.82, 2.24) is 9.88 Å². The first kappa shape index (κ1) is 28.3. The highest BCUT2D eigenvalue weighted by atomic mass is 32.2. The molecule has 1 aromatic heterocycles. The summed E-state index contributed by atoms with van der Waals surface area (Å²) in [6.07, 6.45) is 1.89. The van der Waals surface area contributed by atoms with Crippen LogP contribution in [0.5, 0.6) is 5.75 Å². The van der Waals surface area contributed by atoms with Crippen LogP contribution < -0.4 is 4.74 Å². The Balaban J connectivity index is 1.74. The van der Waals surface area contributed by atoms with Gasteiger partial charge in [0.05, 0.1) is 17.2 Å². The second-order valence-corrected chi connectivity index (χ2v) is 13.1. The number of rotatable bonds is 9. The predicted molar refractivity (Wildman–Crippen MR) is 157 cm³/mol. The second-order valence-electron chi connectivity index (χ2n) is 10.8. The molecule has 0 N–H and O–H groups in total. The van der Waals surface area contributed by atoms with E-state index in [1.54, 1.807) is 0 Å². The molecule has 38 heavy (non-hydrogen) atoms. The van der Waals surface area contributed by atoms with Crippen LogP contribution >= 0.6 is 0 Å². The minimum Gasteiger partial charge on any atom is -0.489 e. The van der Waals surface area contributed by atoms with E-state index in [-0.39, 0.29) is 11.5 Å². The number of ether oxygens (including phenoxy) is 1. The van der Waals surface area contributed by atoms with Crippen molar-refractivity contribution < 1.29 is 13.2 Å². The molecule has 2 aromatic carbocycles. The van der Waals surface area contributed by atoms with Gasteiger partial charge in [-0.2, -0.15) is 0 Å². The van der Waals surface area contributed by atoms with E-state index in [0.717, 1.165) is 46.7 Å². The van der Waals surface area contributed by atoms with Crippen LogP contribution in [-0.2, 0) is 35.8 Å². The number of sulfone groups is 1. The average molecular weight is 535 g/mol. The molecule has 0 aliphatic carbocycles. The Labute approximate surface area is 229 Å². The summed E-state index contributed by atoms with van der Waals surface area (Å²) in [7, 11) is -2.94. The molecule has 3 aromatic rings. The minimum atomic E-state index is -2.94. The zero-order chi connectivity index (χ0) is 27.4. The lowest BCUT2D eigenvalue weighted by molar-refractivity contribution is 0.275. The van der Waals surface area contributed by atoms with E-state index >= 15 is 0 Å². The van der Waals surface area contributed by atoms with Gasteiger partial charge in [-0.3, -0.25) is 9.88 Å². The van der Waals surface area contributed by atoms with Crippen LogP contribution in [0, 0.1) is 13.8 Å². The van der Waals surface area contributed by atoms with Gasteiger partial charge in [-0.25, -0.2) is 8.42 Å². The van der Waals surface area contributed by atoms with Crippen molar-refractivity contribution in [3.05, 3.63) is 81.5 Å². The third-order valence-electron chi connectivity index (χ3n) is 7.76. The standard InChI is InChI=1S/C32H42N2O3S/c1-7-25-10-9-11-26(8-2)32(25)30-18-28(20-34-14-16-38(35,36)17-15-34)29(24(6)33-30)21-37-31-19-27(22(3)4)13-12-23(31)5/h9-13,18-19,22H,7-8,14-17,20-21H2,1-6H3. The summed E-state index contributed by atoms with van der Waals surface area (Å²) in [5.41, 5.74) is 10.4. The van der Waals surface area contributed by atoms with Gasteiger partial charge in [-0.15, -0.1) is 0 Å². The molecular weight excluding hydrogens is 492 g/mol. The van der Waals surface area contributed by atoms with E-state index in [0.29, 0.717) is 32.2 Å². The first-order chi connectivity index (χ1) is 18.1. The lowest BCUT2D eigenvalue weighted by atomic mass is 9.93. The fraction of sp³-hybridized carbons (Fsp3) is 0.469. The smallest absolute Gasteiger partial charge is 0.152 e. The average Bonchev–Trinajstić information content (AvgIpc) is 2.89. The van der Waals surface area contributed by atoms with Gasteiger partial charge in [0.1, 0.15) is 12.4 Å². The molecule has 1 aliphatic heterocycles. The third kappa shape index (κ3) is 6.47. The van der Waals surface area contributed by atoms with Gasteiger partial charge in [0.2, 0.25) is 0 Å². The van der Waals surface area contributed by atoms with E-state index in [2.05, 4.69) is 88.9 Å². The second kappa shape index (κ2) is 12.0. The van der Waals surface area contributed by atoms with Crippen molar-refractivity contribution in [2.45, 2.75) is 73.5 Å². The van der Waals surface area contributed by atoms with Gasteiger partial charge in [-0.05, 0) is 72.6 Å². The molecule has 204 valence electrons. The Bertz CT molecular complexity index is 1360. The third-order valence-corrected chi connectivity index (χ3v) is 9.37. The molecule has 0 amide bonds. The number of hydrogen-bond acceptors (Lipinski definition) is 5. The summed E-state index contributed by atoms with van der Waals surface area (Å²) < 4.78 is 30.6. The van der Waals surface area contributed by atoms with E-state index in [1.807, 2.05) is 0 Å². The summed E-state index contributed by atoms with van der Waals surface area (Å²) >= 11 is 0. The fourth-order valence-corrected chi connectivity index (χ4v) is 6.51. The SMILES string of the molecule is CCc1cccc(CC)c1-c1cc(CN2CCS(=O)(=O)CC2)c(COc2cc(C(C)C)ccc2C)c(C)n1.